The van der Waals surface area contributed by atoms with Crippen molar-refractivity contribution in [2.45, 2.75) is 45.6 Å². The SMILES string of the molecule is CC(C)(C)OC(=O)c1ccc(/C=C/CCCC#N)cc1. The van der Waals surface area contributed by atoms with E-state index in [9.17, 15) is 4.79 Å². The highest BCUT2D eigenvalue weighted by atomic mass is 16.6. The Morgan fingerprint density at radius 3 is 2.50 bits per heavy atom. The first-order chi connectivity index (χ1) is 9.42. The van der Waals surface area contributed by atoms with Gasteiger partial charge in [-0.25, -0.2) is 4.79 Å². The number of allylic oxidation sites excluding steroid dienone is 1. The molecular formula is C17H21NO2. The van der Waals surface area contributed by atoms with Gasteiger partial charge in [0.25, 0.3) is 0 Å². The molecule has 0 aliphatic heterocycles. The molecule has 3 heteroatoms. The Morgan fingerprint density at radius 1 is 1.30 bits per heavy atom. The zero-order valence-electron chi connectivity index (χ0n) is 12.3. The third-order valence-electron chi connectivity index (χ3n) is 2.51. The second-order valence-corrected chi connectivity index (χ2v) is 5.58. The van der Waals surface area contributed by atoms with Crippen LogP contribution in [0, 0.1) is 11.3 Å². The monoisotopic (exact) mass is 271 g/mol. The van der Waals surface area contributed by atoms with E-state index in [-0.39, 0.29) is 5.97 Å². The third-order valence-corrected chi connectivity index (χ3v) is 2.51. The predicted molar refractivity (Wildman–Crippen MR) is 80.1 cm³/mol. The predicted octanol–water partition coefficient (Wildman–Crippen LogP) is 4.35. The summed E-state index contributed by atoms with van der Waals surface area (Å²) in [5.74, 6) is -0.304. The number of unbranched alkanes of at least 4 members (excludes halogenated alkanes) is 2. The molecule has 106 valence electrons. The van der Waals surface area contributed by atoms with Crippen LogP contribution in [0.1, 0.15) is 56.0 Å². The number of nitriles is 1. The Bertz CT molecular complexity index is 501. The van der Waals surface area contributed by atoms with Crippen molar-refractivity contribution >= 4 is 12.0 Å². The highest BCUT2D eigenvalue weighted by molar-refractivity contribution is 5.89. The molecule has 0 unspecified atom stereocenters. The van der Waals surface area contributed by atoms with E-state index in [0.29, 0.717) is 12.0 Å². The van der Waals surface area contributed by atoms with E-state index in [0.717, 1.165) is 18.4 Å². The van der Waals surface area contributed by atoms with Crippen LogP contribution < -0.4 is 0 Å². The lowest BCUT2D eigenvalue weighted by Gasteiger charge is -2.19. The summed E-state index contributed by atoms with van der Waals surface area (Å²) in [4.78, 5) is 11.8. The van der Waals surface area contributed by atoms with Gasteiger partial charge in [-0.15, -0.1) is 0 Å². The largest absolute Gasteiger partial charge is 0.456 e. The van der Waals surface area contributed by atoms with Crippen LogP contribution in [-0.4, -0.2) is 11.6 Å². The van der Waals surface area contributed by atoms with Crippen LogP contribution in [0.25, 0.3) is 6.08 Å². The molecule has 1 rings (SSSR count). The molecule has 0 spiro atoms. The molecule has 0 aromatic heterocycles. The first-order valence-corrected chi connectivity index (χ1v) is 6.79. The number of hydrogen-bond acceptors (Lipinski definition) is 3. The van der Waals surface area contributed by atoms with Gasteiger partial charge in [-0.05, 0) is 51.3 Å². The highest BCUT2D eigenvalue weighted by Gasteiger charge is 2.17. The molecule has 0 amide bonds. The molecule has 0 aliphatic rings. The fourth-order valence-electron chi connectivity index (χ4n) is 1.59. The van der Waals surface area contributed by atoms with E-state index in [1.54, 1.807) is 12.1 Å². The Balaban J connectivity index is 2.56. The molecule has 0 saturated heterocycles. The van der Waals surface area contributed by atoms with Gasteiger partial charge >= 0.3 is 5.97 Å². The summed E-state index contributed by atoms with van der Waals surface area (Å²) in [6, 6.07) is 9.43. The maximum Gasteiger partial charge on any atom is 0.338 e. The van der Waals surface area contributed by atoms with Gasteiger partial charge in [0.1, 0.15) is 5.60 Å². The second-order valence-electron chi connectivity index (χ2n) is 5.58. The van der Waals surface area contributed by atoms with E-state index >= 15 is 0 Å². The molecule has 0 saturated carbocycles. The summed E-state index contributed by atoms with van der Waals surface area (Å²) in [5.41, 5.74) is 1.12. The minimum absolute atomic E-state index is 0.304. The zero-order chi connectivity index (χ0) is 15.0. The van der Waals surface area contributed by atoms with Crippen molar-refractivity contribution in [2.75, 3.05) is 0 Å². The van der Waals surface area contributed by atoms with Crippen molar-refractivity contribution in [1.82, 2.24) is 0 Å². The Kier molecular flexibility index (Phi) is 5.99. The first kappa shape index (κ1) is 16.0. The lowest BCUT2D eigenvalue weighted by Crippen LogP contribution is -2.23. The summed E-state index contributed by atoms with van der Waals surface area (Å²) in [6.07, 6.45) is 6.39. The molecule has 0 heterocycles. The number of carbonyl (C=O) groups excluding carboxylic acids is 1. The molecule has 1 aromatic rings. The average Bonchev–Trinajstić information content (AvgIpc) is 2.37. The molecule has 0 bridgehead atoms. The fraction of sp³-hybridized carbons (Fsp3) is 0.412. The van der Waals surface area contributed by atoms with E-state index in [2.05, 4.69) is 6.07 Å². The molecule has 3 nitrogen and oxygen atoms in total. The number of rotatable bonds is 5. The minimum Gasteiger partial charge on any atom is -0.456 e. The summed E-state index contributed by atoms with van der Waals surface area (Å²) < 4.78 is 5.30. The minimum atomic E-state index is -0.476. The van der Waals surface area contributed by atoms with Crippen LogP contribution in [0.2, 0.25) is 0 Å². The van der Waals surface area contributed by atoms with Crippen LogP contribution in [0.3, 0.4) is 0 Å². The van der Waals surface area contributed by atoms with Crippen LogP contribution in [0.5, 0.6) is 0 Å². The number of benzene rings is 1. The maximum absolute atomic E-state index is 11.8. The van der Waals surface area contributed by atoms with E-state index in [1.165, 1.54) is 0 Å². The Morgan fingerprint density at radius 2 is 1.95 bits per heavy atom. The topological polar surface area (TPSA) is 50.1 Å². The highest BCUT2D eigenvalue weighted by Crippen LogP contribution is 2.13. The molecule has 0 radical (unpaired) electrons. The summed E-state index contributed by atoms with van der Waals surface area (Å²) in [6.45, 7) is 5.55. The molecule has 0 N–H and O–H groups in total. The number of hydrogen-bond donors (Lipinski definition) is 0. The Labute approximate surface area is 120 Å². The van der Waals surface area contributed by atoms with Gasteiger partial charge in [0.05, 0.1) is 11.6 Å². The van der Waals surface area contributed by atoms with Crippen molar-refractivity contribution < 1.29 is 9.53 Å². The summed E-state index contributed by atoms with van der Waals surface area (Å²) >= 11 is 0. The van der Waals surface area contributed by atoms with Crippen LogP contribution in [-0.2, 0) is 4.74 Å². The van der Waals surface area contributed by atoms with Gasteiger partial charge in [0.2, 0.25) is 0 Å². The molecular weight excluding hydrogens is 250 g/mol. The normalized spacial score (nSPS) is 11.3. The molecule has 0 fully saturated rings. The maximum atomic E-state index is 11.8. The van der Waals surface area contributed by atoms with E-state index in [4.69, 9.17) is 10.00 Å². The smallest absolute Gasteiger partial charge is 0.338 e. The quantitative estimate of drug-likeness (QED) is 0.591. The number of nitrogens with zero attached hydrogens (tertiary/aromatic N) is 1. The number of ether oxygens (including phenoxy) is 1. The van der Waals surface area contributed by atoms with Crippen molar-refractivity contribution in [2.24, 2.45) is 0 Å². The summed E-state index contributed by atoms with van der Waals surface area (Å²) in [7, 11) is 0. The van der Waals surface area contributed by atoms with E-state index in [1.807, 2.05) is 45.1 Å². The van der Waals surface area contributed by atoms with Crippen molar-refractivity contribution in [3.05, 3.63) is 41.5 Å². The van der Waals surface area contributed by atoms with Gasteiger partial charge in [0.15, 0.2) is 0 Å². The summed E-state index contributed by atoms with van der Waals surface area (Å²) in [5, 5.41) is 8.43. The average molecular weight is 271 g/mol. The number of carbonyl (C=O) groups is 1. The molecule has 20 heavy (non-hydrogen) atoms. The molecule has 0 atom stereocenters. The second kappa shape index (κ2) is 7.49. The van der Waals surface area contributed by atoms with Crippen molar-refractivity contribution in [1.29, 1.82) is 5.26 Å². The lowest BCUT2D eigenvalue weighted by atomic mass is 10.1. The molecule has 1 aromatic carbocycles. The third kappa shape index (κ3) is 6.19. The van der Waals surface area contributed by atoms with Crippen LogP contribution in [0.4, 0.5) is 0 Å². The number of esters is 1. The Hall–Kier alpha value is -2.08. The fourth-order valence-corrected chi connectivity index (χ4v) is 1.59. The lowest BCUT2D eigenvalue weighted by molar-refractivity contribution is 0.00695. The van der Waals surface area contributed by atoms with Gasteiger partial charge in [-0.2, -0.15) is 5.26 Å². The zero-order valence-corrected chi connectivity index (χ0v) is 12.3. The van der Waals surface area contributed by atoms with Crippen molar-refractivity contribution in [3.8, 4) is 6.07 Å². The standard InChI is InChI=1S/C17H21NO2/c1-17(2,3)20-16(19)15-11-9-14(10-12-15)8-6-4-5-7-13-18/h6,8-12H,4-5,7H2,1-3H3/b8-6+. The van der Waals surface area contributed by atoms with E-state index < -0.39 is 5.60 Å². The van der Waals surface area contributed by atoms with Gasteiger partial charge in [-0.3, -0.25) is 0 Å². The van der Waals surface area contributed by atoms with Crippen LogP contribution in [0.15, 0.2) is 30.3 Å². The molecule has 0 aliphatic carbocycles. The van der Waals surface area contributed by atoms with Gasteiger partial charge in [0, 0.05) is 6.42 Å². The first-order valence-electron chi connectivity index (χ1n) is 6.79. The van der Waals surface area contributed by atoms with Crippen molar-refractivity contribution in [3.63, 3.8) is 0 Å². The van der Waals surface area contributed by atoms with Crippen LogP contribution >= 0.6 is 0 Å². The van der Waals surface area contributed by atoms with Gasteiger partial charge < -0.3 is 4.74 Å². The van der Waals surface area contributed by atoms with Gasteiger partial charge in [-0.1, -0.05) is 24.3 Å².